The van der Waals surface area contributed by atoms with Gasteiger partial charge >= 0.3 is 6.18 Å². The SMILES string of the molecule is Cc1noc(C)c1CC(=O)NC1CCCC(OCC(F)(F)F)C1. The number of aryl methyl sites for hydroxylation is 2. The highest BCUT2D eigenvalue weighted by Gasteiger charge is 2.31. The molecule has 1 amide bonds. The van der Waals surface area contributed by atoms with Gasteiger partial charge in [-0.3, -0.25) is 4.79 Å². The van der Waals surface area contributed by atoms with Crippen LogP contribution in [-0.4, -0.2) is 36.0 Å². The first-order valence-electron chi connectivity index (χ1n) is 7.64. The van der Waals surface area contributed by atoms with Gasteiger partial charge in [0.25, 0.3) is 0 Å². The van der Waals surface area contributed by atoms with Gasteiger partial charge in [-0.05, 0) is 39.5 Å². The lowest BCUT2D eigenvalue weighted by Gasteiger charge is -2.30. The molecule has 1 heterocycles. The Hall–Kier alpha value is -1.57. The summed E-state index contributed by atoms with van der Waals surface area (Å²) in [6, 6.07) is -0.157. The highest BCUT2D eigenvalue weighted by Crippen LogP contribution is 2.24. The largest absolute Gasteiger partial charge is 0.411 e. The predicted octanol–water partition coefficient (Wildman–Crippen LogP) is 2.84. The number of nitrogens with one attached hydrogen (secondary N) is 1. The van der Waals surface area contributed by atoms with Crippen molar-refractivity contribution in [2.75, 3.05) is 6.61 Å². The van der Waals surface area contributed by atoms with Gasteiger partial charge in [-0.2, -0.15) is 13.2 Å². The van der Waals surface area contributed by atoms with Gasteiger partial charge in [0.15, 0.2) is 0 Å². The van der Waals surface area contributed by atoms with Crippen LogP contribution in [0, 0.1) is 13.8 Å². The molecule has 5 nitrogen and oxygen atoms in total. The van der Waals surface area contributed by atoms with Crippen LogP contribution in [0.2, 0.25) is 0 Å². The van der Waals surface area contributed by atoms with Crippen molar-refractivity contribution in [3.63, 3.8) is 0 Å². The summed E-state index contributed by atoms with van der Waals surface area (Å²) in [7, 11) is 0. The summed E-state index contributed by atoms with van der Waals surface area (Å²) in [5.74, 6) is 0.425. The molecule has 1 N–H and O–H groups in total. The van der Waals surface area contributed by atoms with Gasteiger partial charge in [0.2, 0.25) is 5.91 Å². The van der Waals surface area contributed by atoms with E-state index >= 15 is 0 Å². The number of carbonyl (C=O) groups excluding carboxylic acids is 1. The molecule has 1 saturated carbocycles. The molecule has 0 bridgehead atoms. The Balaban J connectivity index is 1.81. The fourth-order valence-electron chi connectivity index (χ4n) is 2.83. The van der Waals surface area contributed by atoms with Crippen molar-refractivity contribution in [1.82, 2.24) is 10.5 Å². The van der Waals surface area contributed by atoms with Crippen molar-refractivity contribution in [3.05, 3.63) is 17.0 Å². The molecule has 1 aromatic rings. The number of alkyl halides is 3. The van der Waals surface area contributed by atoms with Crippen LogP contribution in [0.1, 0.15) is 42.7 Å². The number of hydrogen-bond donors (Lipinski definition) is 1. The Morgan fingerprint density at radius 2 is 2.13 bits per heavy atom. The number of carbonyl (C=O) groups is 1. The standard InChI is InChI=1S/C15H21F3N2O3/c1-9-13(10(2)23-20-9)7-14(21)19-11-4-3-5-12(6-11)22-8-15(16,17)18/h11-12H,3-8H2,1-2H3,(H,19,21). The average molecular weight is 334 g/mol. The monoisotopic (exact) mass is 334 g/mol. The highest BCUT2D eigenvalue weighted by molar-refractivity contribution is 5.79. The summed E-state index contributed by atoms with van der Waals surface area (Å²) >= 11 is 0. The van der Waals surface area contributed by atoms with E-state index in [1.807, 2.05) is 0 Å². The molecule has 23 heavy (non-hydrogen) atoms. The Morgan fingerprint density at radius 1 is 1.39 bits per heavy atom. The molecule has 2 unspecified atom stereocenters. The van der Waals surface area contributed by atoms with E-state index in [9.17, 15) is 18.0 Å². The van der Waals surface area contributed by atoms with Crippen molar-refractivity contribution in [2.24, 2.45) is 0 Å². The summed E-state index contributed by atoms with van der Waals surface area (Å²) in [5, 5.41) is 6.66. The number of amides is 1. The number of halogens is 3. The van der Waals surface area contributed by atoms with Crippen LogP contribution in [0.3, 0.4) is 0 Å². The van der Waals surface area contributed by atoms with Gasteiger partial charge in [0.1, 0.15) is 12.4 Å². The molecule has 0 radical (unpaired) electrons. The molecule has 1 aromatic heterocycles. The zero-order chi connectivity index (χ0) is 17.0. The first-order valence-corrected chi connectivity index (χ1v) is 7.64. The average Bonchev–Trinajstić information content (AvgIpc) is 2.77. The Morgan fingerprint density at radius 3 is 2.74 bits per heavy atom. The normalized spacial score (nSPS) is 22.1. The zero-order valence-corrected chi connectivity index (χ0v) is 13.2. The fraction of sp³-hybridized carbons (Fsp3) is 0.733. The molecule has 0 saturated heterocycles. The predicted molar refractivity (Wildman–Crippen MR) is 75.9 cm³/mol. The molecule has 2 rings (SSSR count). The lowest BCUT2D eigenvalue weighted by Crippen LogP contribution is -2.41. The molecule has 8 heteroatoms. The van der Waals surface area contributed by atoms with Crippen molar-refractivity contribution in [3.8, 4) is 0 Å². The summed E-state index contributed by atoms with van der Waals surface area (Å²) in [6.07, 6.45) is -2.14. The number of rotatable bonds is 5. The van der Waals surface area contributed by atoms with Crippen LogP contribution in [0.5, 0.6) is 0 Å². The van der Waals surface area contributed by atoms with Crippen LogP contribution in [0.25, 0.3) is 0 Å². The van der Waals surface area contributed by atoms with E-state index in [4.69, 9.17) is 9.26 Å². The summed E-state index contributed by atoms with van der Waals surface area (Å²) < 4.78 is 46.5. The lowest BCUT2D eigenvalue weighted by atomic mass is 9.92. The van der Waals surface area contributed by atoms with E-state index in [2.05, 4.69) is 10.5 Å². The van der Waals surface area contributed by atoms with E-state index < -0.39 is 18.9 Å². The smallest absolute Gasteiger partial charge is 0.369 e. The molecule has 130 valence electrons. The Labute approximate surface area is 132 Å². The minimum Gasteiger partial charge on any atom is -0.369 e. The topological polar surface area (TPSA) is 64.4 Å². The second-order valence-electron chi connectivity index (χ2n) is 5.96. The van der Waals surface area contributed by atoms with Crippen molar-refractivity contribution in [1.29, 1.82) is 0 Å². The second-order valence-corrected chi connectivity index (χ2v) is 5.96. The molecule has 0 aliphatic heterocycles. The Bertz CT molecular complexity index is 523. The quantitative estimate of drug-likeness (QED) is 0.899. The van der Waals surface area contributed by atoms with Crippen LogP contribution in [0.15, 0.2) is 4.52 Å². The van der Waals surface area contributed by atoms with E-state index in [-0.39, 0.29) is 18.4 Å². The number of aromatic nitrogens is 1. The third-order valence-corrected chi connectivity index (χ3v) is 3.99. The molecule has 0 spiro atoms. The molecule has 2 atom stereocenters. The number of nitrogens with zero attached hydrogens (tertiary/aromatic N) is 1. The van der Waals surface area contributed by atoms with Crippen molar-refractivity contribution < 1.29 is 27.2 Å². The summed E-state index contributed by atoms with van der Waals surface area (Å²) in [5.41, 5.74) is 1.43. The summed E-state index contributed by atoms with van der Waals surface area (Å²) in [4.78, 5) is 12.1. The molecule has 0 aromatic carbocycles. The van der Waals surface area contributed by atoms with E-state index in [1.165, 1.54) is 0 Å². The van der Waals surface area contributed by atoms with Crippen LogP contribution in [-0.2, 0) is 16.0 Å². The maximum atomic E-state index is 12.2. The van der Waals surface area contributed by atoms with Crippen LogP contribution < -0.4 is 5.32 Å². The second kappa shape index (κ2) is 7.33. The highest BCUT2D eigenvalue weighted by atomic mass is 19.4. The van der Waals surface area contributed by atoms with Gasteiger partial charge in [-0.1, -0.05) is 5.16 Å². The zero-order valence-electron chi connectivity index (χ0n) is 13.2. The van der Waals surface area contributed by atoms with Gasteiger partial charge < -0.3 is 14.6 Å². The van der Waals surface area contributed by atoms with Gasteiger partial charge in [0.05, 0.1) is 18.2 Å². The Kier molecular flexibility index (Phi) is 5.67. The third kappa shape index (κ3) is 5.53. The lowest BCUT2D eigenvalue weighted by molar-refractivity contribution is -0.188. The molecular weight excluding hydrogens is 313 g/mol. The van der Waals surface area contributed by atoms with Gasteiger partial charge in [-0.15, -0.1) is 0 Å². The first kappa shape index (κ1) is 17.8. The van der Waals surface area contributed by atoms with Crippen molar-refractivity contribution >= 4 is 5.91 Å². The van der Waals surface area contributed by atoms with Gasteiger partial charge in [-0.25, -0.2) is 0 Å². The van der Waals surface area contributed by atoms with E-state index in [0.717, 1.165) is 18.4 Å². The van der Waals surface area contributed by atoms with E-state index in [1.54, 1.807) is 13.8 Å². The molecule has 1 fully saturated rings. The first-order chi connectivity index (χ1) is 10.7. The van der Waals surface area contributed by atoms with E-state index in [0.29, 0.717) is 24.3 Å². The molecule has 1 aliphatic rings. The minimum absolute atomic E-state index is 0.157. The molecule has 1 aliphatic carbocycles. The van der Waals surface area contributed by atoms with Crippen LogP contribution >= 0.6 is 0 Å². The fourth-order valence-corrected chi connectivity index (χ4v) is 2.83. The molecular formula is C15H21F3N2O3. The maximum absolute atomic E-state index is 12.2. The van der Waals surface area contributed by atoms with Crippen LogP contribution in [0.4, 0.5) is 13.2 Å². The minimum atomic E-state index is -4.32. The maximum Gasteiger partial charge on any atom is 0.411 e. The number of hydrogen-bond acceptors (Lipinski definition) is 4. The third-order valence-electron chi connectivity index (χ3n) is 3.99. The van der Waals surface area contributed by atoms with Gasteiger partial charge in [0, 0.05) is 11.6 Å². The summed E-state index contributed by atoms with van der Waals surface area (Å²) in [6.45, 7) is 2.27. The number of ether oxygens (including phenoxy) is 1. The van der Waals surface area contributed by atoms with Crippen molar-refractivity contribution in [2.45, 2.75) is 64.3 Å².